The summed E-state index contributed by atoms with van der Waals surface area (Å²) in [7, 11) is 0. The monoisotopic (exact) mass is 241 g/mol. The Morgan fingerprint density at radius 2 is 2.19 bits per heavy atom. The van der Waals surface area contributed by atoms with Crippen LogP contribution in [0.1, 0.15) is 31.3 Å². The van der Waals surface area contributed by atoms with Gasteiger partial charge in [-0.05, 0) is 20.8 Å². The van der Waals surface area contributed by atoms with Crippen molar-refractivity contribution in [3.05, 3.63) is 10.6 Å². The van der Waals surface area contributed by atoms with E-state index in [9.17, 15) is 4.79 Å². The van der Waals surface area contributed by atoms with Crippen molar-refractivity contribution < 1.29 is 9.53 Å². The van der Waals surface area contributed by atoms with Crippen molar-refractivity contribution in [3.63, 3.8) is 0 Å². The Kier molecular flexibility index (Phi) is 2.53. The lowest BCUT2D eigenvalue weighted by molar-refractivity contribution is 0.0241. The van der Waals surface area contributed by atoms with E-state index in [1.54, 1.807) is 4.90 Å². The third-order valence-electron chi connectivity index (χ3n) is 2.12. The van der Waals surface area contributed by atoms with Crippen molar-refractivity contribution in [1.82, 2.24) is 9.88 Å². The molecule has 0 bridgehead atoms. The van der Waals surface area contributed by atoms with Crippen molar-refractivity contribution in [2.75, 3.05) is 5.73 Å². The van der Waals surface area contributed by atoms with E-state index < -0.39 is 5.60 Å². The summed E-state index contributed by atoms with van der Waals surface area (Å²) in [5, 5.41) is 0.564. The normalized spacial score (nSPS) is 15.1. The molecule has 0 aromatic carbocycles. The Balaban J connectivity index is 2.01. The molecule has 1 aliphatic rings. The number of nitrogens with two attached hydrogens (primary N) is 1. The number of ether oxygens (including phenoxy) is 1. The van der Waals surface area contributed by atoms with Gasteiger partial charge in [-0.2, -0.15) is 0 Å². The highest BCUT2D eigenvalue weighted by Gasteiger charge is 2.30. The van der Waals surface area contributed by atoms with Crippen molar-refractivity contribution in [1.29, 1.82) is 0 Å². The summed E-state index contributed by atoms with van der Waals surface area (Å²) in [6.45, 7) is 6.62. The highest BCUT2D eigenvalue weighted by atomic mass is 32.1. The largest absolute Gasteiger partial charge is 0.444 e. The first-order valence-corrected chi connectivity index (χ1v) is 5.89. The molecule has 1 aromatic heterocycles. The molecule has 0 saturated heterocycles. The molecule has 0 spiro atoms. The van der Waals surface area contributed by atoms with E-state index in [0.29, 0.717) is 18.2 Å². The van der Waals surface area contributed by atoms with Crippen LogP contribution in [-0.4, -0.2) is 21.6 Å². The fraction of sp³-hybridized carbons (Fsp3) is 0.600. The minimum absolute atomic E-state index is 0.295. The van der Waals surface area contributed by atoms with Gasteiger partial charge in [-0.25, -0.2) is 9.78 Å². The molecule has 5 nitrogen and oxygen atoms in total. The Morgan fingerprint density at radius 3 is 2.75 bits per heavy atom. The smallest absolute Gasteiger partial charge is 0.410 e. The second-order valence-electron chi connectivity index (χ2n) is 4.76. The van der Waals surface area contributed by atoms with Gasteiger partial charge >= 0.3 is 6.09 Å². The molecule has 0 fully saturated rings. The van der Waals surface area contributed by atoms with E-state index in [-0.39, 0.29) is 6.09 Å². The minimum Gasteiger partial charge on any atom is -0.444 e. The van der Waals surface area contributed by atoms with Crippen LogP contribution in [0, 0.1) is 0 Å². The number of carbonyl (C=O) groups is 1. The molecule has 0 aliphatic carbocycles. The fourth-order valence-corrected chi connectivity index (χ4v) is 2.37. The maximum atomic E-state index is 11.8. The second-order valence-corrected chi connectivity index (χ2v) is 5.87. The molecule has 16 heavy (non-hydrogen) atoms. The molecule has 2 N–H and O–H groups in total. The van der Waals surface area contributed by atoms with Crippen molar-refractivity contribution in [2.24, 2.45) is 0 Å². The van der Waals surface area contributed by atoms with Crippen LogP contribution in [0.5, 0.6) is 0 Å². The lowest BCUT2D eigenvalue weighted by Gasteiger charge is -2.24. The summed E-state index contributed by atoms with van der Waals surface area (Å²) in [5.74, 6) is 0. The number of hydrogen-bond donors (Lipinski definition) is 1. The quantitative estimate of drug-likeness (QED) is 0.754. The van der Waals surface area contributed by atoms with E-state index in [2.05, 4.69) is 4.98 Å². The first kappa shape index (κ1) is 11.2. The van der Waals surface area contributed by atoms with Crippen LogP contribution in [-0.2, 0) is 17.8 Å². The Labute approximate surface area is 98.2 Å². The molecule has 0 atom stereocenters. The number of anilines is 1. The predicted molar refractivity (Wildman–Crippen MR) is 62.0 cm³/mol. The van der Waals surface area contributed by atoms with Crippen molar-refractivity contribution >= 4 is 22.6 Å². The van der Waals surface area contributed by atoms with Gasteiger partial charge in [-0.1, -0.05) is 0 Å². The number of fused-ring (bicyclic) bond motifs is 1. The molecular formula is C10H15N3O2S. The highest BCUT2D eigenvalue weighted by molar-refractivity contribution is 7.15. The number of amides is 1. The van der Waals surface area contributed by atoms with Crippen LogP contribution in [0.2, 0.25) is 0 Å². The van der Waals surface area contributed by atoms with E-state index in [1.807, 2.05) is 20.8 Å². The molecule has 1 amide bonds. The van der Waals surface area contributed by atoms with Crippen LogP contribution in [0.25, 0.3) is 0 Å². The zero-order valence-electron chi connectivity index (χ0n) is 9.61. The third-order valence-corrected chi connectivity index (χ3v) is 3.03. The Bertz CT molecular complexity index is 399. The molecule has 1 aromatic rings. The Morgan fingerprint density at radius 1 is 1.50 bits per heavy atom. The predicted octanol–water partition coefficient (Wildman–Crippen LogP) is 1.98. The lowest BCUT2D eigenvalue weighted by Crippen LogP contribution is -2.33. The van der Waals surface area contributed by atoms with Crippen LogP contribution < -0.4 is 5.73 Å². The zero-order chi connectivity index (χ0) is 11.9. The molecular weight excluding hydrogens is 226 g/mol. The van der Waals surface area contributed by atoms with Gasteiger partial charge in [0.1, 0.15) is 5.60 Å². The molecule has 88 valence electrons. The summed E-state index contributed by atoms with van der Waals surface area (Å²) < 4.78 is 5.29. The molecule has 0 saturated carbocycles. The van der Waals surface area contributed by atoms with Crippen molar-refractivity contribution in [2.45, 2.75) is 39.5 Å². The van der Waals surface area contributed by atoms with E-state index >= 15 is 0 Å². The second kappa shape index (κ2) is 3.62. The average molecular weight is 241 g/mol. The average Bonchev–Trinajstić information content (AvgIpc) is 2.56. The highest BCUT2D eigenvalue weighted by Crippen LogP contribution is 2.30. The third kappa shape index (κ3) is 2.27. The first-order valence-electron chi connectivity index (χ1n) is 5.07. The zero-order valence-corrected chi connectivity index (χ0v) is 10.4. The number of nitrogens with zero attached hydrogens (tertiary/aromatic N) is 2. The van der Waals surface area contributed by atoms with Gasteiger partial charge in [0.15, 0.2) is 5.13 Å². The SMILES string of the molecule is CC(C)(C)OC(=O)N1Cc2nc(N)sc2C1. The first-order chi connectivity index (χ1) is 7.35. The summed E-state index contributed by atoms with van der Waals surface area (Å²) in [5.41, 5.74) is 6.02. The lowest BCUT2D eigenvalue weighted by atomic mass is 10.2. The van der Waals surface area contributed by atoms with Crippen LogP contribution in [0.15, 0.2) is 0 Å². The fourth-order valence-electron chi connectivity index (χ4n) is 1.52. The molecule has 6 heteroatoms. The van der Waals surface area contributed by atoms with Gasteiger partial charge in [-0.3, -0.25) is 4.90 Å². The van der Waals surface area contributed by atoms with E-state index in [0.717, 1.165) is 10.6 Å². The minimum atomic E-state index is -0.459. The number of thiazole rings is 1. The van der Waals surface area contributed by atoms with Crippen LogP contribution in [0.3, 0.4) is 0 Å². The van der Waals surface area contributed by atoms with Gasteiger partial charge in [0.05, 0.1) is 23.7 Å². The van der Waals surface area contributed by atoms with Crippen LogP contribution >= 0.6 is 11.3 Å². The number of aromatic nitrogens is 1. The molecule has 2 rings (SSSR count). The summed E-state index contributed by atoms with van der Waals surface area (Å²) in [6, 6.07) is 0. The van der Waals surface area contributed by atoms with Gasteiger partial charge in [0.2, 0.25) is 0 Å². The van der Waals surface area contributed by atoms with E-state index in [4.69, 9.17) is 10.5 Å². The summed E-state index contributed by atoms with van der Waals surface area (Å²) in [4.78, 5) is 18.6. The number of rotatable bonds is 0. The standard InChI is InChI=1S/C10H15N3O2S/c1-10(2,3)15-9(14)13-4-6-7(5-13)16-8(11)12-6/h4-5H2,1-3H3,(H2,11,12). The maximum Gasteiger partial charge on any atom is 0.410 e. The van der Waals surface area contributed by atoms with Gasteiger partial charge in [0.25, 0.3) is 0 Å². The van der Waals surface area contributed by atoms with Gasteiger partial charge < -0.3 is 10.5 Å². The van der Waals surface area contributed by atoms with Crippen molar-refractivity contribution in [3.8, 4) is 0 Å². The number of hydrogen-bond acceptors (Lipinski definition) is 5. The van der Waals surface area contributed by atoms with Crippen LogP contribution in [0.4, 0.5) is 9.93 Å². The number of nitrogen functional groups attached to an aromatic ring is 1. The maximum absolute atomic E-state index is 11.8. The molecule has 0 unspecified atom stereocenters. The molecule has 1 aliphatic heterocycles. The number of carbonyl (C=O) groups excluding carboxylic acids is 1. The summed E-state index contributed by atoms with van der Waals surface area (Å²) in [6.07, 6.45) is -0.295. The van der Waals surface area contributed by atoms with Gasteiger partial charge in [-0.15, -0.1) is 11.3 Å². The van der Waals surface area contributed by atoms with E-state index in [1.165, 1.54) is 11.3 Å². The van der Waals surface area contributed by atoms with Gasteiger partial charge in [0, 0.05) is 0 Å². The molecule has 2 heterocycles. The topological polar surface area (TPSA) is 68.5 Å². The Hall–Kier alpha value is -1.30. The molecule has 0 radical (unpaired) electrons. The summed E-state index contributed by atoms with van der Waals surface area (Å²) >= 11 is 1.43.